The number of rotatable bonds is 4. The lowest BCUT2D eigenvalue weighted by atomic mass is 9.92. The van der Waals surface area contributed by atoms with Crippen molar-refractivity contribution in [2.45, 2.75) is 25.8 Å². The Labute approximate surface area is 105 Å². The van der Waals surface area contributed by atoms with Crippen LogP contribution >= 0.6 is 11.3 Å². The summed E-state index contributed by atoms with van der Waals surface area (Å²) in [6.07, 6.45) is 4.07. The fraction of sp³-hybridized carbons (Fsp3) is 0.750. The van der Waals surface area contributed by atoms with Crippen LogP contribution in [0.25, 0.3) is 0 Å². The van der Waals surface area contributed by atoms with Crippen molar-refractivity contribution in [3.05, 3.63) is 20.7 Å². The van der Waals surface area contributed by atoms with Crippen molar-refractivity contribution >= 4 is 11.3 Å². The van der Waals surface area contributed by atoms with Gasteiger partial charge in [-0.1, -0.05) is 11.3 Å². The largest absolute Gasteiger partial charge is 0.317 e. The van der Waals surface area contributed by atoms with Gasteiger partial charge < -0.3 is 15.6 Å². The van der Waals surface area contributed by atoms with Crippen molar-refractivity contribution < 1.29 is 0 Å². The fourth-order valence-corrected chi connectivity index (χ4v) is 3.62. The zero-order valence-electron chi connectivity index (χ0n) is 9.92. The third-order valence-electron chi connectivity index (χ3n) is 4.24. The van der Waals surface area contributed by atoms with Crippen LogP contribution in [0.15, 0.2) is 10.2 Å². The van der Waals surface area contributed by atoms with E-state index in [1.54, 1.807) is 0 Å². The summed E-state index contributed by atoms with van der Waals surface area (Å²) in [6.45, 7) is 4.27. The molecule has 1 aliphatic carbocycles. The van der Waals surface area contributed by atoms with Gasteiger partial charge in [-0.05, 0) is 50.2 Å². The quantitative estimate of drug-likeness (QED) is 0.748. The molecule has 1 aliphatic heterocycles. The predicted molar refractivity (Wildman–Crippen MR) is 69.3 cm³/mol. The summed E-state index contributed by atoms with van der Waals surface area (Å²) in [6, 6.07) is 0. The molecule has 2 aliphatic rings. The van der Waals surface area contributed by atoms with Gasteiger partial charge in [-0.25, -0.2) is 0 Å². The highest BCUT2D eigenvalue weighted by Gasteiger charge is 2.52. The zero-order chi connectivity index (χ0) is 11.7. The normalized spacial score (nSPS) is 26.2. The van der Waals surface area contributed by atoms with E-state index in [0.717, 1.165) is 24.7 Å². The Morgan fingerprint density at radius 2 is 2.29 bits per heavy atom. The van der Waals surface area contributed by atoms with Crippen LogP contribution in [0.4, 0.5) is 0 Å². The monoisotopic (exact) mass is 253 g/mol. The maximum atomic E-state index is 11.0. The molecule has 1 spiro atoms. The standard InChI is InChI=1S/C12H19N3OS/c16-11-15-10(8-17-11)7-14-6-9-5-12(9)1-3-13-4-2-12/h8-9,13-14H,1-7H2,(H,15,16). The first-order valence-electron chi connectivity index (χ1n) is 6.37. The minimum absolute atomic E-state index is 0.0445. The maximum absolute atomic E-state index is 11.0. The first-order valence-corrected chi connectivity index (χ1v) is 7.25. The summed E-state index contributed by atoms with van der Waals surface area (Å²) in [4.78, 5) is 13.8. The number of hydrogen-bond acceptors (Lipinski definition) is 4. The molecule has 3 N–H and O–H groups in total. The first kappa shape index (κ1) is 11.4. The Bertz CT molecular complexity index is 433. The van der Waals surface area contributed by atoms with E-state index in [-0.39, 0.29) is 4.87 Å². The molecule has 4 nitrogen and oxygen atoms in total. The van der Waals surface area contributed by atoms with Crippen LogP contribution in [0.1, 0.15) is 25.0 Å². The van der Waals surface area contributed by atoms with E-state index in [9.17, 15) is 4.79 Å². The number of hydrogen-bond donors (Lipinski definition) is 3. The van der Waals surface area contributed by atoms with Gasteiger partial charge in [-0.2, -0.15) is 0 Å². The van der Waals surface area contributed by atoms with Crippen LogP contribution in [-0.2, 0) is 6.54 Å². The number of nitrogens with one attached hydrogen (secondary N) is 3. The minimum atomic E-state index is 0.0445. The van der Waals surface area contributed by atoms with Gasteiger partial charge >= 0.3 is 4.87 Å². The molecule has 1 unspecified atom stereocenters. The highest BCUT2D eigenvalue weighted by molar-refractivity contribution is 7.07. The molecule has 17 heavy (non-hydrogen) atoms. The Hall–Kier alpha value is -0.650. The van der Waals surface area contributed by atoms with Crippen molar-refractivity contribution in [1.82, 2.24) is 15.6 Å². The molecule has 1 aromatic heterocycles. The second-order valence-corrected chi connectivity index (χ2v) is 6.16. The van der Waals surface area contributed by atoms with E-state index in [1.165, 1.54) is 43.7 Å². The molecule has 2 fully saturated rings. The third kappa shape index (κ3) is 2.46. The number of piperidine rings is 1. The fourth-order valence-electron chi connectivity index (χ4n) is 3.04. The number of thiazole rings is 1. The van der Waals surface area contributed by atoms with E-state index in [1.807, 2.05) is 5.38 Å². The Kier molecular flexibility index (Phi) is 3.06. The summed E-state index contributed by atoms with van der Waals surface area (Å²) < 4.78 is 0. The van der Waals surface area contributed by atoms with Gasteiger partial charge in [0.15, 0.2) is 0 Å². The van der Waals surface area contributed by atoms with Crippen LogP contribution in [0, 0.1) is 11.3 Å². The highest BCUT2D eigenvalue weighted by atomic mass is 32.1. The van der Waals surface area contributed by atoms with Crippen LogP contribution < -0.4 is 15.5 Å². The van der Waals surface area contributed by atoms with Crippen LogP contribution in [0.5, 0.6) is 0 Å². The van der Waals surface area contributed by atoms with E-state index in [2.05, 4.69) is 15.6 Å². The average Bonchev–Trinajstić information content (AvgIpc) is 2.80. The van der Waals surface area contributed by atoms with Crippen molar-refractivity contribution in [1.29, 1.82) is 0 Å². The Morgan fingerprint density at radius 1 is 1.47 bits per heavy atom. The van der Waals surface area contributed by atoms with Crippen LogP contribution in [-0.4, -0.2) is 24.6 Å². The molecule has 2 heterocycles. The zero-order valence-corrected chi connectivity index (χ0v) is 10.7. The molecule has 94 valence electrons. The molecular formula is C12H19N3OS. The van der Waals surface area contributed by atoms with Gasteiger partial charge in [-0.15, -0.1) is 0 Å². The average molecular weight is 253 g/mol. The van der Waals surface area contributed by atoms with Gasteiger partial charge in [0.25, 0.3) is 0 Å². The lowest BCUT2D eigenvalue weighted by Gasteiger charge is -2.23. The molecule has 5 heteroatoms. The molecule has 1 saturated heterocycles. The first-order chi connectivity index (χ1) is 8.28. The molecule has 0 bridgehead atoms. The second-order valence-electron chi connectivity index (χ2n) is 5.32. The minimum Gasteiger partial charge on any atom is -0.317 e. The van der Waals surface area contributed by atoms with Crippen molar-refractivity contribution in [3.8, 4) is 0 Å². The summed E-state index contributed by atoms with van der Waals surface area (Å²) in [5.74, 6) is 0.856. The van der Waals surface area contributed by atoms with Crippen molar-refractivity contribution in [2.75, 3.05) is 19.6 Å². The van der Waals surface area contributed by atoms with Gasteiger partial charge in [0, 0.05) is 17.6 Å². The van der Waals surface area contributed by atoms with Crippen LogP contribution in [0.3, 0.4) is 0 Å². The van der Waals surface area contributed by atoms with E-state index >= 15 is 0 Å². The topological polar surface area (TPSA) is 56.9 Å². The molecule has 1 atom stereocenters. The smallest absolute Gasteiger partial charge is 0.304 e. The Morgan fingerprint density at radius 3 is 3.00 bits per heavy atom. The summed E-state index contributed by atoms with van der Waals surface area (Å²) in [5, 5.41) is 8.80. The van der Waals surface area contributed by atoms with Crippen molar-refractivity contribution in [3.63, 3.8) is 0 Å². The molecule has 0 amide bonds. The second kappa shape index (κ2) is 4.55. The van der Waals surface area contributed by atoms with Gasteiger partial charge in [0.1, 0.15) is 0 Å². The lowest BCUT2D eigenvalue weighted by molar-refractivity contribution is 0.318. The van der Waals surface area contributed by atoms with Gasteiger partial charge in [0.2, 0.25) is 0 Å². The Balaban J connectivity index is 1.43. The van der Waals surface area contributed by atoms with E-state index in [4.69, 9.17) is 0 Å². The molecule has 0 radical (unpaired) electrons. The van der Waals surface area contributed by atoms with E-state index in [0.29, 0.717) is 5.41 Å². The highest BCUT2D eigenvalue weighted by Crippen LogP contribution is 2.58. The predicted octanol–water partition coefficient (Wildman–Crippen LogP) is 0.916. The SMILES string of the molecule is O=c1[nH]c(CNCC2CC23CCNCC3)cs1. The molecular weight excluding hydrogens is 234 g/mol. The molecule has 1 aromatic rings. The van der Waals surface area contributed by atoms with Gasteiger partial charge in [-0.3, -0.25) is 4.79 Å². The number of H-pyrrole nitrogens is 1. The molecule has 1 saturated carbocycles. The van der Waals surface area contributed by atoms with Crippen molar-refractivity contribution in [2.24, 2.45) is 11.3 Å². The summed E-state index contributed by atoms with van der Waals surface area (Å²) >= 11 is 1.24. The number of aromatic amines is 1. The molecule has 0 aromatic carbocycles. The third-order valence-corrected chi connectivity index (χ3v) is 4.95. The lowest BCUT2D eigenvalue weighted by Crippen LogP contribution is -2.31. The molecule has 3 rings (SSSR count). The van der Waals surface area contributed by atoms with E-state index < -0.39 is 0 Å². The van der Waals surface area contributed by atoms with Gasteiger partial charge in [0.05, 0.1) is 0 Å². The van der Waals surface area contributed by atoms with Crippen LogP contribution in [0.2, 0.25) is 0 Å². The number of aromatic nitrogens is 1. The summed E-state index contributed by atoms with van der Waals surface area (Å²) in [7, 11) is 0. The maximum Gasteiger partial charge on any atom is 0.304 e. The summed E-state index contributed by atoms with van der Waals surface area (Å²) in [5.41, 5.74) is 1.67.